The Balaban J connectivity index is 1.43. The number of nitrogens with zero attached hydrogens (tertiary/aromatic N) is 3. The standard InChI is InChI=1S/C25H36ClFN6O2S/c1-25(2,27)16-33-11-9-17-7-8-20(13-18(17)10-12-33)30-24-28-15-21(26)23(32-24)31-22-6-4-3-5-19(22)14-29-36(34)35/h7-8,13,15,19,22,29H,3-6,9-12,14,16H2,1-2H3,(H,34,35)(H2,28,30,31,32)/p-1/t19-,22-/m1/s1. The summed E-state index contributed by atoms with van der Waals surface area (Å²) in [6.07, 6.45) is 7.32. The van der Waals surface area contributed by atoms with Crippen LogP contribution in [0.1, 0.15) is 50.7 Å². The van der Waals surface area contributed by atoms with Crippen molar-refractivity contribution in [2.24, 2.45) is 5.92 Å². The summed E-state index contributed by atoms with van der Waals surface area (Å²) in [6.45, 7) is 5.76. The summed E-state index contributed by atoms with van der Waals surface area (Å²) < 4.78 is 38.6. The van der Waals surface area contributed by atoms with Gasteiger partial charge in [-0.1, -0.05) is 30.5 Å². The number of benzene rings is 1. The minimum absolute atomic E-state index is 0.0692. The fraction of sp³-hybridized carbons (Fsp3) is 0.600. The van der Waals surface area contributed by atoms with Crippen LogP contribution < -0.4 is 15.4 Å². The van der Waals surface area contributed by atoms with Crippen molar-refractivity contribution in [3.05, 3.63) is 40.5 Å². The van der Waals surface area contributed by atoms with Crippen LogP contribution in [0.2, 0.25) is 5.02 Å². The Morgan fingerprint density at radius 3 is 2.72 bits per heavy atom. The van der Waals surface area contributed by atoms with Gasteiger partial charge < -0.3 is 15.2 Å². The largest absolute Gasteiger partial charge is 0.760 e. The molecular formula is C25H35ClFN6O2S-. The SMILES string of the molecule is CC(C)(F)CN1CCc2ccc(Nc3ncc(Cl)c(N[C@@H]4CCCC[C@@H]4CNS(=O)[O-])n3)cc2CC1. The lowest BCUT2D eigenvalue weighted by atomic mass is 9.84. The van der Waals surface area contributed by atoms with E-state index in [0.29, 0.717) is 29.9 Å². The Bertz CT molecular complexity index is 1070. The third-order valence-corrected chi connectivity index (χ3v) is 7.57. The van der Waals surface area contributed by atoms with Gasteiger partial charge in [0.05, 0.1) is 6.20 Å². The van der Waals surface area contributed by atoms with E-state index in [1.165, 1.54) is 11.1 Å². The normalized spacial score (nSPS) is 21.9. The highest BCUT2D eigenvalue weighted by Crippen LogP contribution is 2.30. The molecule has 8 nitrogen and oxygen atoms in total. The molecule has 0 spiro atoms. The van der Waals surface area contributed by atoms with Crippen LogP contribution in [0.15, 0.2) is 24.4 Å². The number of fused-ring (bicyclic) bond motifs is 1. The third kappa shape index (κ3) is 7.82. The number of hydrogen-bond acceptors (Lipinski definition) is 7. The summed E-state index contributed by atoms with van der Waals surface area (Å²) in [5, 5.41) is 7.14. The monoisotopic (exact) mass is 537 g/mol. The lowest BCUT2D eigenvalue weighted by molar-refractivity contribution is 0.129. The number of rotatable bonds is 9. The zero-order valence-corrected chi connectivity index (χ0v) is 22.4. The molecule has 2 heterocycles. The Hall–Kier alpha value is -1.85. The molecule has 3 atom stereocenters. The summed E-state index contributed by atoms with van der Waals surface area (Å²) >= 11 is 4.13. The lowest BCUT2D eigenvalue weighted by Crippen LogP contribution is -2.39. The van der Waals surface area contributed by atoms with Crippen molar-refractivity contribution in [1.82, 2.24) is 19.6 Å². The molecule has 1 saturated carbocycles. The molecule has 1 aliphatic heterocycles. The second-order valence-electron chi connectivity index (χ2n) is 10.4. The molecule has 198 valence electrons. The van der Waals surface area contributed by atoms with Gasteiger partial charge in [0.15, 0.2) is 5.82 Å². The number of aromatic nitrogens is 2. The molecular weight excluding hydrogens is 503 g/mol. The lowest BCUT2D eigenvalue weighted by Gasteiger charge is -2.33. The average Bonchev–Trinajstić information content (AvgIpc) is 3.01. The third-order valence-electron chi connectivity index (χ3n) is 6.90. The van der Waals surface area contributed by atoms with Gasteiger partial charge in [-0.15, -0.1) is 0 Å². The zero-order valence-electron chi connectivity index (χ0n) is 20.9. The Kier molecular flexibility index (Phi) is 9.16. The maximum atomic E-state index is 14.1. The molecule has 11 heteroatoms. The minimum Gasteiger partial charge on any atom is -0.760 e. The molecule has 1 fully saturated rings. The van der Waals surface area contributed by atoms with Crippen molar-refractivity contribution < 1.29 is 13.2 Å². The predicted molar refractivity (Wildman–Crippen MR) is 142 cm³/mol. The van der Waals surface area contributed by atoms with Crippen LogP contribution in [0.3, 0.4) is 0 Å². The van der Waals surface area contributed by atoms with Gasteiger partial charge in [0.2, 0.25) is 5.95 Å². The maximum Gasteiger partial charge on any atom is 0.229 e. The first kappa shape index (κ1) is 27.2. The van der Waals surface area contributed by atoms with Crippen molar-refractivity contribution in [3.63, 3.8) is 0 Å². The molecule has 1 aromatic carbocycles. The van der Waals surface area contributed by atoms with Gasteiger partial charge in [-0.3, -0.25) is 9.11 Å². The first-order valence-electron chi connectivity index (χ1n) is 12.6. The van der Waals surface area contributed by atoms with Crippen molar-refractivity contribution in [2.45, 2.75) is 64.1 Å². The molecule has 1 aromatic heterocycles. The maximum absolute atomic E-state index is 14.1. The first-order valence-corrected chi connectivity index (χ1v) is 14.0. The van der Waals surface area contributed by atoms with E-state index in [1.807, 2.05) is 6.07 Å². The highest BCUT2D eigenvalue weighted by Gasteiger charge is 2.26. The molecule has 36 heavy (non-hydrogen) atoms. The zero-order chi connectivity index (χ0) is 25.7. The van der Waals surface area contributed by atoms with Crippen LogP contribution in [0, 0.1) is 5.92 Å². The van der Waals surface area contributed by atoms with Crippen LogP contribution >= 0.6 is 11.6 Å². The van der Waals surface area contributed by atoms with Gasteiger partial charge in [0.25, 0.3) is 0 Å². The molecule has 1 aliphatic carbocycles. The fourth-order valence-corrected chi connectivity index (χ4v) is 5.69. The summed E-state index contributed by atoms with van der Waals surface area (Å²) in [5.74, 6) is 1.13. The van der Waals surface area contributed by atoms with Gasteiger partial charge >= 0.3 is 0 Å². The summed E-state index contributed by atoms with van der Waals surface area (Å²) in [7, 11) is 0. The fourth-order valence-electron chi connectivity index (χ4n) is 5.19. The van der Waals surface area contributed by atoms with E-state index in [1.54, 1.807) is 20.0 Å². The van der Waals surface area contributed by atoms with Gasteiger partial charge in [-0.05, 0) is 68.7 Å². The first-order chi connectivity index (χ1) is 17.2. The molecule has 0 bridgehead atoms. The van der Waals surface area contributed by atoms with Crippen molar-refractivity contribution in [1.29, 1.82) is 0 Å². The molecule has 0 amide bonds. The van der Waals surface area contributed by atoms with Crippen molar-refractivity contribution >= 4 is 40.3 Å². The van der Waals surface area contributed by atoms with Crippen LogP contribution in [0.4, 0.5) is 21.8 Å². The van der Waals surface area contributed by atoms with Crippen LogP contribution in [-0.4, -0.2) is 61.5 Å². The Labute approximate surface area is 220 Å². The quantitative estimate of drug-likeness (QED) is 0.408. The number of nitrogens with one attached hydrogen (secondary N) is 3. The molecule has 0 radical (unpaired) electrons. The van der Waals surface area contributed by atoms with Gasteiger partial charge in [-0.25, -0.2) is 14.1 Å². The van der Waals surface area contributed by atoms with Gasteiger partial charge in [-0.2, -0.15) is 4.98 Å². The van der Waals surface area contributed by atoms with E-state index in [4.69, 9.17) is 11.6 Å². The van der Waals surface area contributed by atoms with E-state index in [9.17, 15) is 13.2 Å². The highest BCUT2D eigenvalue weighted by atomic mass is 35.5. The van der Waals surface area contributed by atoms with E-state index < -0.39 is 16.9 Å². The smallest absolute Gasteiger partial charge is 0.229 e. The Morgan fingerprint density at radius 2 is 1.97 bits per heavy atom. The molecule has 2 aliphatic rings. The second kappa shape index (κ2) is 12.1. The van der Waals surface area contributed by atoms with E-state index in [2.05, 4.69) is 42.4 Å². The van der Waals surface area contributed by atoms with Gasteiger partial charge in [0.1, 0.15) is 10.7 Å². The number of hydrogen-bond donors (Lipinski definition) is 3. The average molecular weight is 538 g/mol. The molecule has 2 aromatic rings. The molecule has 0 saturated heterocycles. The van der Waals surface area contributed by atoms with E-state index >= 15 is 0 Å². The summed E-state index contributed by atoms with van der Waals surface area (Å²) in [4.78, 5) is 11.2. The van der Waals surface area contributed by atoms with Crippen molar-refractivity contribution in [2.75, 3.05) is 36.8 Å². The second-order valence-corrected chi connectivity index (χ2v) is 11.5. The van der Waals surface area contributed by atoms with Crippen LogP contribution in [0.5, 0.6) is 0 Å². The van der Waals surface area contributed by atoms with E-state index in [-0.39, 0.29) is 12.0 Å². The van der Waals surface area contributed by atoms with Crippen LogP contribution in [0.25, 0.3) is 0 Å². The minimum atomic E-state index is -2.28. The summed E-state index contributed by atoms with van der Waals surface area (Å²) in [5.41, 5.74) is 2.22. The van der Waals surface area contributed by atoms with Gasteiger partial charge in [0, 0.05) is 49.2 Å². The van der Waals surface area contributed by atoms with Crippen molar-refractivity contribution in [3.8, 4) is 0 Å². The number of alkyl halides is 1. The number of halogens is 2. The molecule has 1 unspecified atom stereocenters. The summed E-state index contributed by atoms with van der Waals surface area (Å²) in [6, 6.07) is 6.33. The molecule has 4 rings (SSSR count). The highest BCUT2D eigenvalue weighted by molar-refractivity contribution is 7.77. The Morgan fingerprint density at radius 1 is 1.22 bits per heavy atom. The van der Waals surface area contributed by atoms with E-state index in [0.717, 1.165) is 57.3 Å². The topological polar surface area (TPSA) is 105 Å². The predicted octanol–water partition coefficient (Wildman–Crippen LogP) is 4.38. The van der Waals surface area contributed by atoms with Crippen LogP contribution in [-0.2, 0) is 24.1 Å². The molecule has 3 N–H and O–H groups in total. The number of anilines is 3.